The topological polar surface area (TPSA) is 42.2 Å². The van der Waals surface area contributed by atoms with Crippen LogP contribution in [0.15, 0.2) is 71.2 Å². The van der Waals surface area contributed by atoms with Crippen molar-refractivity contribution in [1.29, 1.82) is 5.26 Å². The van der Waals surface area contributed by atoms with Crippen LogP contribution in [-0.2, 0) is 6.61 Å². The molecule has 3 nitrogen and oxygen atoms in total. The van der Waals surface area contributed by atoms with E-state index in [1.165, 1.54) is 0 Å². The van der Waals surface area contributed by atoms with Crippen molar-refractivity contribution in [1.82, 2.24) is 0 Å². The van der Waals surface area contributed by atoms with E-state index in [1.807, 2.05) is 79.7 Å². The fraction of sp³-hybridized carbons (Fsp3) is 0.125. The molecule has 0 aromatic heterocycles. The van der Waals surface area contributed by atoms with Crippen molar-refractivity contribution in [3.8, 4) is 17.6 Å². The average Bonchev–Trinajstić information content (AvgIpc) is 2.73. The van der Waals surface area contributed by atoms with Gasteiger partial charge in [0.15, 0.2) is 11.5 Å². The molecule has 0 heterocycles. The number of ether oxygens (including phenoxy) is 2. The fourth-order valence-corrected chi connectivity index (χ4v) is 3.48. The van der Waals surface area contributed by atoms with Crippen molar-refractivity contribution in [2.75, 3.05) is 6.61 Å². The highest BCUT2D eigenvalue weighted by atomic mass is 79.9. The zero-order valence-corrected chi connectivity index (χ0v) is 18.2. The Morgan fingerprint density at radius 2 is 1.79 bits per heavy atom. The van der Waals surface area contributed by atoms with Gasteiger partial charge < -0.3 is 9.47 Å². The lowest BCUT2D eigenvalue weighted by Crippen LogP contribution is -2.01. The predicted octanol–water partition coefficient (Wildman–Crippen LogP) is 7.14. The summed E-state index contributed by atoms with van der Waals surface area (Å²) in [7, 11) is 0. The van der Waals surface area contributed by atoms with E-state index in [4.69, 9.17) is 21.1 Å². The minimum absolute atomic E-state index is 0.387. The molecular weight excluding hydrogens is 450 g/mol. The van der Waals surface area contributed by atoms with E-state index in [2.05, 4.69) is 22.0 Å². The van der Waals surface area contributed by atoms with Gasteiger partial charge in [-0.3, -0.25) is 0 Å². The Kier molecular flexibility index (Phi) is 7.35. The van der Waals surface area contributed by atoms with Gasteiger partial charge in [-0.05, 0) is 69.9 Å². The van der Waals surface area contributed by atoms with Crippen molar-refractivity contribution in [2.45, 2.75) is 13.5 Å². The van der Waals surface area contributed by atoms with Crippen LogP contribution in [0.25, 0.3) is 11.6 Å². The standard InChI is InChI=1S/C24H19BrClNO2/c1-2-28-23-14-18(12-20(15-27)19-6-4-3-5-7-19)13-22(25)24(23)29-16-17-8-10-21(26)11-9-17/h3-14H,2,16H2,1H3. The SMILES string of the molecule is CCOc1cc(C=C(C#N)c2ccccc2)cc(Br)c1OCc1ccc(Cl)cc1. The van der Waals surface area contributed by atoms with Crippen LogP contribution in [0.3, 0.4) is 0 Å². The molecule has 0 fully saturated rings. The Balaban J connectivity index is 1.90. The molecule has 0 radical (unpaired) electrons. The van der Waals surface area contributed by atoms with Gasteiger partial charge in [-0.1, -0.05) is 54.1 Å². The number of hydrogen-bond acceptors (Lipinski definition) is 3. The van der Waals surface area contributed by atoms with Crippen LogP contribution in [0.5, 0.6) is 11.5 Å². The lowest BCUT2D eigenvalue weighted by molar-refractivity contribution is 0.267. The van der Waals surface area contributed by atoms with E-state index in [1.54, 1.807) is 0 Å². The Morgan fingerprint density at radius 1 is 1.07 bits per heavy atom. The van der Waals surface area contributed by atoms with Gasteiger partial charge in [-0.2, -0.15) is 5.26 Å². The molecular formula is C24H19BrClNO2. The minimum atomic E-state index is 0.387. The number of benzene rings is 3. The zero-order valence-electron chi connectivity index (χ0n) is 15.9. The molecule has 0 saturated heterocycles. The maximum atomic E-state index is 9.57. The molecule has 29 heavy (non-hydrogen) atoms. The highest BCUT2D eigenvalue weighted by Gasteiger charge is 2.13. The molecule has 0 unspecified atom stereocenters. The maximum Gasteiger partial charge on any atom is 0.175 e. The molecule has 0 bridgehead atoms. The molecule has 0 spiro atoms. The van der Waals surface area contributed by atoms with E-state index >= 15 is 0 Å². The van der Waals surface area contributed by atoms with Crippen LogP contribution in [0.2, 0.25) is 5.02 Å². The molecule has 3 aromatic rings. The summed E-state index contributed by atoms with van der Waals surface area (Å²) >= 11 is 9.52. The quantitative estimate of drug-likeness (QED) is 0.273. The Hall–Kier alpha value is -2.74. The van der Waals surface area contributed by atoms with E-state index in [0.717, 1.165) is 21.2 Å². The summed E-state index contributed by atoms with van der Waals surface area (Å²) in [5.74, 6) is 1.24. The predicted molar refractivity (Wildman–Crippen MR) is 121 cm³/mol. The smallest absolute Gasteiger partial charge is 0.175 e. The van der Waals surface area contributed by atoms with Gasteiger partial charge >= 0.3 is 0 Å². The van der Waals surface area contributed by atoms with E-state index in [9.17, 15) is 5.26 Å². The van der Waals surface area contributed by atoms with Gasteiger partial charge in [0, 0.05) is 5.02 Å². The first-order chi connectivity index (χ1) is 14.1. The van der Waals surface area contributed by atoms with Crippen LogP contribution < -0.4 is 9.47 Å². The molecule has 0 aliphatic heterocycles. The van der Waals surface area contributed by atoms with Crippen molar-refractivity contribution in [2.24, 2.45) is 0 Å². The molecule has 0 amide bonds. The highest BCUT2D eigenvalue weighted by Crippen LogP contribution is 2.38. The van der Waals surface area contributed by atoms with Gasteiger partial charge in [0.25, 0.3) is 0 Å². The van der Waals surface area contributed by atoms with Crippen LogP contribution in [0, 0.1) is 11.3 Å². The summed E-state index contributed by atoms with van der Waals surface area (Å²) in [5, 5.41) is 10.3. The average molecular weight is 469 g/mol. The van der Waals surface area contributed by atoms with Gasteiger partial charge in [0.2, 0.25) is 0 Å². The van der Waals surface area contributed by atoms with Crippen LogP contribution in [0.1, 0.15) is 23.6 Å². The summed E-state index contributed by atoms with van der Waals surface area (Å²) < 4.78 is 12.6. The van der Waals surface area contributed by atoms with Crippen molar-refractivity contribution >= 4 is 39.2 Å². The number of nitriles is 1. The summed E-state index contributed by atoms with van der Waals surface area (Å²) in [4.78, 5) is 0. The summed E-state index contributed by atoms with van der Waals surface area (Å²) in [5.41, 5.74) is 3.30. The summed E-state index contributed by atoms with van der Waals surface area (Å²) in [6, 6.07) is 23.2. The van der Waals surface area contributed by atoms with Crippen molar-refractivity contribution in [3.63, 3.8) is 0 Å². The number of halogens is 2. The normalized spacial score (nSPS) is 11.0. The van der Waals surface area contributed by atoms with Crippen LogP contribution >= 0.6 is 27.5 Å². The third-order valence-corrected chi connectivity index (χ3v) is 4.99. The largest absolute Gasteiger partial charge is 0.490 e. The third-order valence-electron chi connectivity index (χ3n) is 4.14. The number of nitrogens with zero attached hydrogens (tertiary/aromatic N) is 1. The molecule has 0 saturated carbocycles. The minimum Gasteiger partial charge on any atom is -0.490 e. The van der Waals surface area contributed by atoms with E-state index in [0.29, 0.717) is 35.3 Å². The molecule has 3 rings (SSSR count). The third kappa shape index (κ3) is 5.63. The first kappa shape index (κ1) is 21.0. The lowest BCUT2D eigenvalue weighted by Gasteiger charge is -2.15. The molecule has 0 N–H and O–H groups in total. The van der Waals surface area contributed by atoms with Gasteiger partial charge in [0.1, 0.15) is 6.61 Å². The Bertz CT molecular complexity index is 1040. The molecule has 0 aliphatic rings. The number of allylic oxidation sites excluding steroid dienone is 1. The molecule has 3 aromatic carbocycles. The second-order valence-corrected chi connectivity index (χ2v) is 7.50. The second kappa shape index (κ2) is 10.2. The summed E-state index contributed by atoms with van der Waals surface area (Å²) in [6.45, 7) is 2.81. The monoisotopic (exact) mass is 467 g/mol. The van der Waals surface area contributed by atoms with Crippen LogP contribution in [0.4, 0.5) is 0 Å². The maximum absolute atomic E-state index is 9.57. The van der Waals surface area contributed by atoms with E-state index in [-0.39, 0.29) is 0 Å². The van der Waals surface area contributed by atoms with Crippen molar-refractivity contribution < 1.29 is 9.47 Å². The first-order valence-corrected chi connectivity index (χ1v) is 10.3. The van der Waals surface area contributed by atoms with Gasteiger partial charge in [-0.25, -0.2) is 0 Å². The fourth-order valence-electron chi connectivity index (χ4n) is 2.77. The van der Waals surface area contributed by atoms with Crippen molar-refractivity contribution in [3.05, 3.63) is 92.9 Å². The highest BCUT2D eigenvalue weighted by molar-refractivity contribution is 9.10. The Labute approximate surface area is 184 Å². The lowest BCUT2D eigenvalue weighted by atomic mass is 10.0. The Morgan fingerprint density at radius 3 is 2.45 bits per heavy atom. The van der Waals surface area contributed by atoms with Gasteiger partial charge in [0.05, 0.1) is 22.7 Å². The van der Waals surface area contributed by atoms with E-state index < -0.39 is 0 Å². The summed E-state index contributed by atoms with van der Waals surface area (Å²) in [6.07, 6.45) is 1.84. The molecule has 146 valence electrons. The van der Waals surface area contributed by atoms with Crippen LogP contribution in [-0.4, -0.2) is 6.61 Å². The second-order valence-electron chi connectivity index (χ2n) is 6.21. The zero-order chi connectivity index (χ0) is 20.6. The first-order valence-electron chi connectivity index (χ1n) is 9.11. The molecule has 5 heteroatoms. The van der Waals surface area contributed by atoms with Gasteiger partial charge in [-0.15, -0.1) is 0 Å². The molecule has 0 aliphatic carbocycles. The number of rotatable bonds is 7. The number of hydrogen-bond donors (Lipinski definition) is 0. The molecule has 0 atom stereocenters.